The second-order valence-corrected chi connectivity index (χ2v) is 7.95. The van der Waals surface area contributed by atoms with Gasteiger partial charge in [0.05, 0.1) is 11.2 Å². The van der Waals surface area contributed by atoms with Gasteiger partial charge in [0.25, 0.3) is 5.56 Å². The molecule has 0 aliphatic rings. The monoisotopic (exact) mass is 425 g/mol. The van der Waals surface area contributed by atoms with Gasteiger partial charge < -0.3 is 14.3 Å². The number of hydrogen-bond acceptors (Lipinski definition) is 4. The number of H-pyrrole nitrogens is 1. The van der Waals surface area contributed by atoms with E-state index in [-0.39, 0.29) is 5.56 Å². The number of aromatic nitrogens is 5. The summed E-state index contributed by atoms with van der Waals surface area (Å²) in [4.78, 5) is 20.1. The number of aromatic amines is 1. The minimum absolute atomic E-state index is 0.0151. The van der Waals surface area contributed by atoms with Crippen LogP contribution in [0.25, 0.3) is 33.4 Å². The number of nitrogens with one attached hydrogen (secondary N) is 1. The molecule has 2 aromatic carbocycles. The van der Waals surface area contributed by atoms with E-state index in [2.05, 4.69) is 15.1 Å². The Morgan fingerprint density at radius 1 is 0.969 bits per heavy atom. The van der Waals surface area contributed by atoms with Crippen LogP contribution in [0.4, 0.5) is 0 Å². The molecule has 7 heteroatoms. The predicted octanol–water partition coefficient (Wildman–Crippen LogP) is 4.74. The Labute approximate surface area is 184 Å². The Morgan fingerprint density at radius 3 is 2.44 bits per heavy atom. The standard InChI is InChI=1S/C25H23N5O2/c1-15-13-18(14-29(3)25(15)31)20-9-10-21-23(28-16(2)27-21)24(20)32-19-7-5-17(6-8-19)22-11-12-26-30(22)4/h5-14H,1-4H3,(H,27,28). The van der Waals surface area contributed by atoms with Crippen molar-refractivity contribution in [3.8, 4) is 33.9 Å². The average Bonchev–Trinajstić information content (AvgIpc) is 3.37. The van der Waals surface area contributed by atoms with Crippen LogP contribution >= 0.6 is 0 Å². The van der Waals surface area contributed by atoms with Gasteiger partial charge in [-0.25, -0.2) is 4.98 Å². The van der Waals surface area contributed by atoms with Crippen LogP contribution in [0.3, 0.4) is 0 Å². The molecule has 0 fully saturated rings. The fraction of sp³-hybridized carbons (Fsp3) is 0.160. The molecule has 5 rings (SSSR count). The Hall–Kier alpha value is -4.13. The summed E-state index contributed by atoms with van der Waals surface area (Å²) in [6, 6.07) is 15.8. The van der Waals surface area contributed by atoms with Crippen molar-refractivity contribution in [2.75, 3.05) is 0 Å². The van der Waals surface area contributed by atoms with Gasteiger partial charge in [-0.05, 0) is 62.4 Å². The number of hydrogen-bond donors (Lipinski definition) is 1. The van der Waals surface area contributed by atoms with Crippen molar-refractivity contribution in [1.82, 2.24) is 24.3 Å². The molecule has 0 saturated heterocycles. The molecular formula is C25H23N5O2. The number of aryl methyl sites for hydroxylation is 4. The molecule has 3 aromatic heterocycles. The number of ether oxygens (including phenoxy) is 1. The summed E-state index contributed by atoms with van der Waals surface area (Å²) < 4.78 is 9.84. The lowest BCUT2D eigenvalue weighted by Gasteiger charge is -2.14. The summed E-state index contributed by atoms with van der Waals surface area (Å²) in [6.45, 7) is 3.74. The van der Waals surface area contributed by atoms with Gasteiger partial charge in [0.2, 0.25) is 0 Å². The molecule has 3 heterocycles. The molecule has 0 atom stereocenters. The zero-order chi connectivity index (χ0) is 22.4. The molecular weight excluding hydrogens is 402 g/mol. The first kappa shape index (κ1) is 19.8. The Morgan fingerprint density at radius 2 is 1.75 bits per heavy atom. The SMILES string of the molecule is Cc1nc2c(Oc3ccc(-c4ccnn4C)cc3)c(-c3cc(C)c(=O)n(C)c3)ccc2[nH]1. The van der Waals surface area contributed by atoms with Crippen LogP contribution in [0.1, 0.15) is 11.4 Å². The van der Waals surface area contributed by atoms with Crippen LogP contribution in [0.5, 0.6) is 11.5 Å². The number of benzene rings is 2. The highest BCUT2D eigenvalue weighted by Gasteiger charge is 2.17. The van der Waals surface area contributed by atoms with Crippen LogP contribution in [-0.2, 0) is 14.1 Å². The van der Waals surface area contributed by atoms with Gasteiger partial charge in [0.1, 0.15) is 17.1 Å². The van der Waals surface area contributed by atoms with Crippen LogP contribution in [0.2, 0.25) is 0 Å². The average molecular weight is 425 g/mol. The molecule has 7 nitrogen and oxygen atoms in total. The Balaban J connectivity index is 1.62. The van der Waals surface area contributed by atoms with E-state index in [0.29, 0.717) is 17.1 Å². The van der Waals surface area contributed by atoms with Crippen LogP contribution < -0.4 is 10.3 Å². The summed E-state index contributed by atoms with van der Waals surface area (Å²) >= 11 is 0. The van der Waals surface area contributed by atoms with Gasteiger partial charge in [0.15, 0.2) is 5.75 Å². The maximum atomic E-state index is 12.2. The van der Waals surface area contributed by atoms with Gasteiger partial charge in [0, 0.05) is 48.7 Å². The molecule has 0 radical (unpaired) electrons. The summed E-state index contributed by atoms with van der Waals surface area (Å²) in [5.74, 6) is 2.16. The minimum atomic E-state index is -0.0151. The summed E-state index contributed by atoms with van der Waals surface area (Å²) in [5.41, 5.74) is 6.17. The fourth-order valence-electron chi connectivity index (χ4n) is 4.00. The molecule has 0 aliphatic heterocycles. The second kappa shape index (κ2) is 7.53. The van der Waals surface area contributed by atoms with Crippen LogP contribution in [0, 0.1) is 13.8 Å². The maximum Gasteiger partial charge on any atom is 0.253 e. The highest BCUT2D eigenvalue weighted by Crippen LogP contribution is 2.39. The smallest absolute Gasteiger partial charge is 0.253 e. The van der Waals surface area contributed by atoms with Crippen LogP contribution in [-0.4, -0.2) is 24.3 Å². The quantitative estimate of drug-likeness (QED) is 0.451. The van der Waals surface area contributed by atoms with Gasteiger partial charge in [-0.3, -0.25) is 9.48 Å². The van der Waals surface area contributed by atoms with E-state index in [4.69, 9.17) is 4.74 Å². The fourth-order valence-corrected chi connectivity index (χ4v) is 4.00. The van der Waals surface area contributed by atoms with Crippen molar-refractivity contribution in [3.63, 3.8) is 0 Å². The molecule has 32 heavy (non-hydrogen) atoms. The Kier molecular flexibility index (Phi) is 4.66. The van der Waals surface area contributed by atoms with E-state index >= 15 is 0 Å². The summed E-state index contributed by atoms with van der Waals surface area (Å²) in [7, 11) is 3.68. The van der Waals surface area contributed by atoms with Crippen molar-refractivity contribution in [3.05, 3.63) is 82.7 Å². The topological polar surface area (TPSA) is 77.7 Å². The molecule has 0 bridgehead atoms. The van der Waals surface area contributed by atoms with E-state index in [9.17, 15) is 4.79 Å². The minimum Gasteiger partial charge on any atom is -0.454 e. The van der Waals surface area contributed by atoms with E-state index < -0.39 is 0 Å². The van der Waals surface area contributed by atoms with Gasteiger partial charge >= 0.3 is 0 Å². The van der Waals surface area contributed by atoms with Crippen LogP contribution in [0.15, 0.2) is 65.7 Å². The van der Waals surface area contributed by atoms with Crippen molar-refractivity contribution in [2.45, 2.75) is 13.8 Å². The number of rotatable bonds is 4. The number of nitrogens with zero attached hydrogens (tertiary/aromatic N) is 4. The molecule has 0 unspecified atom stereocenters. The highest BCUT2D eigenvalue weighted by atomic mass is 16.5. The van der Waals surface area contributed by atoms with Crippen molar-refractivity contribution in [1.29, 1.82) is 0 Å². The number of imidazole rings is 1. The lowest BCUT2D eigenvalue weighted by Crippen LogP contribution is -2.18. The van der Waals surface area contributed by atoms with Crippen molar-refractivity contribution < 1.29 is 4.74 Å². The summed E-state index contributed by atoms with van der Waals surface area (Å²) in [6.07, 6.45) is 3.61. The maximum absolute atomic E-state index is 12.2. The lowest BCUT2D eigenvalue weighted by atomic mass is 10.0. The first-order valence-corrected chi connectivity index (χ1v) is 10.3. The third-order valence-corrected chi connectivity index (χ3v) is 5.59. The number of pyridine rings is 1. The normalized spacial score (nSPS) is 11.2. The van der Waals surface area contributed by atoms with E-state index in [1.807, 2.05) is 80.3 Å². The predicted molar refractivity (Wildman–Crippen MR) is 125 cm³/mol. The van der Waals surface area contributed by atoms with E-state index in [1.54, 1.807) is 17.8 Å². The molecule has 1 N–H and O–H groups in total. The van der Waals surface area contributed by atoms with E-state index in [1.165, 1.54) is 0 Å². The zero-order valence-corrected chi connectivity index (χ0v) is 18.4. The molecule has 5 aromatic rings. The lowest BCUT2D eigenvalue weighted by molar-refractivity contribution is 0.489. The van der Waals surface area contributed by atoms with Gasteiger partial charge in [-0.15, -0.1) is 0 Å². The molecule has 160 valence electrons. The molecule has 0 saturated carbocycles. The van der Waals surface area contributed by atoms with Gasteiger partial charge in [-0.2, -0.15) is 5.10 Å². The van der Waals surface area contributed by atoms with Crippen molar-refractivity contribution >= 4 is 11.0 Å². The summed E-state index contributed by atoms with van der Waals surface area (Å²) in [5, 5.41) is 4.23. The van der Waals surface area contributed by atoms with E-state index in [0.717, 1.165) is 39.2 Å². The third-order valence-electron chi connectivity index (χ3n) is 5.59. The molecule has 0 aliphatic carbocycles. The van der Waals surface area contributed by atoms with Gasteiger partial charge in [-0.1, -0.05) is 0 Å². The first-order chi connectivity index (χ1) is 15.4. The first-order valence-electron chi connectivity index (χ1n) is 10.3. The van der Waals surface area contributed by atoms with Crippen molar-refractivity contribution in [2.24, 2.45) is 14.1 Å². The Bertz CT molecular complexity index is 1480. The molecule has 0 spiro atoms. The second-order valence-electron chi connectivity index (χ2n) is 7.95. The third kappa shape index (κ3) is 3.37. The highest BCUT2D eigenvalue weighted by molar-refractivity contribution is 5.91. The molecule has 0 amide bonds. The zero-order valence-electron chi connectivity index (χ0n) is 18.4. The largest absolute Gasteiger partial charge is 0.454 e. The number of fused-ring (bicyclic) bond motifs is 1.